The van der Waals surface area contributed by atoms with Crippen LogP contribution in [0.4, 0.5) is 5.82 Å². The molecule has 5 nitrogen and oxygen atoms in total. The van der Waals surface area contributed by atoms with E-state index in [-0.39, 0.29) is 5.54 Å². The molecule has 2 aromatic rings. The molecule has 3 heterocycles. The van der Waals surface area contributed by atoms with Crippen LogP contribution in [0, 0.1) is 0 Å². The minimum atomic E-state index is 0.151. The summed E-state index contributed by atoms with van der Waals surface area (Å²) in [5.74, 6) is 1.03. The molecule has 1 aliphatic heterocycles. The largest absolute Gasteiger partial charge is 0.351 e. The summed E-state index contributed by atoms with van der Waals surface area (Å²) < 4.78 is 2.05. The van der Waals surface area contributed by atoms with Crippen molar-refractivity contribution < 1.29 is 0 Å². The highest BCUT2D eigenvalue weighted by molar-refractivity contribution is 5.86. The highest BCUT2D eigenvalue weighted by atomic mass is 15.3. The summed E-state index contributed by atoms with van der Waals surface area (Å²) >= 11 is 0. The van der Waals surface area contributed by atoms with Crippen molar-refractivity contribution in [1.82, 2.24) is 19.9 Å². The first kappa shape index (κ1) is 14.3. The molecular weight excluding hydrogens is 262 g/mol. The van der Waals surface area contributed by atoms with Gasteiger partial charge in [0.15, 0.2) is 5.82 Å². The minimum absolute atomic E-state index is 0.151. The average Bonchev–Trinajstić information content (AvgIpc) is 3.03. The van der Waals surface area contributed by atoms with Crippen molar-refractivity contribution >= 4 is 16.9 Å². The number of nitrogens with one attached hydrogen (secondary N) is 1. The Hall–Kier alpha value is -1.62. The Morgan fingerprint density at radius 1 is 1.33 bits per heavy atom. The molecule has 0 radical (unpaired) electrons. The van der Waals surface area contributed by atoms with E-state index >= 15 is 0 Å². The van der Waals surface area contributed by atoms with Crippen molar-refractivity contribution in [3.63, 3.8) is 0 Å². The summed E-state index contributed by atoms with van der Waals surface area (Å²) in [7, 11) is 2.03. The van der Waals surface area contributed by atoms with Crippen molar-refractivity contribution in [2.75, 3.05) is 18.0 Å². The van der Waals surface area contributed by atoms with Crippen LogP contribution in [0.5, 0.6) is 0 Å². The first-order valence-corrected chi connectivity index (χ1v) is 7.73. The third-order valence-corrected chi connectivity index (χ3v) is 4.14. The molecular formula is C16H25N5. The Morgan fingerprint density at radius 2 is 2.14 bits per heavy atom. The van der Waals surface area contributed by atoms with E-state index in [2.05, 4.69) is 45.5 Å². The highest BCUT2D eigenvalue weighted by Gasteiger charge is 2.28. The summed E-state index contributed by atoms with van der Waals surface area (Å²) in [6, 6.07) is 2.54. The van der Waals surface area contributed by atoms with Gasteiger partial charge in [-0.1, -0.05) is 0 Å². The third kappa shape index (κ3) is 2.88. The van der Waals surface area contributed by atoms with E-state index in [1.807, 2.05) is 25.6 Å². The number of aromatic nitrogens is 3. The molecule has 0 saturated carbocycles. The molecule has 1 fully saturated rings. The topological polar surface area (TPSA) is 46.0 Å². The Morgan fingerprint density at radius 3 is 2.90 bits per heavy atom. The molecule has 1 saturated heterocycles. The molecule has 1 unspecified atom stereocenters. The maximum atomic E-state index is 4.62. The lowest BCUT2D eigenvalue weighted by Gasteiger charge is -2.29. The molecule has 114 valence electrons. The van der Waals surface area contributed by atoms with E-state index in [9.17, 15) is 0 Å². The van der Waals surface area contributed by atoms with Crippen molar-refractivity contribution in [3.8, 4) is 0 Å². The highest BCUT2D eigenvalue weighted by Crippen LogP contribution is 2.29. The predicted octanol–water partition coefficient (Wildman–Crippen LogP) is 2.33. The van der Waals surface area contributed by atoms with Crippen molar-refractivity contribution in [2.45, 2.75) is 45.2 Å². The van der Waals surface area contributed by atoms with Gasteiger partial charge in [-0.05, 0) is 39.7 Å². The zero-order valence-electron chi connectivity index (χ0n) is 13.4. The number of anilines is 1. The Kier molecular flexibility index (Phi) is 3.61. The molecule has 21 heavy (non-hydrogen) atoms. The zero-order valence-corrected chi connectivity index (χ0v) is 13.4. The third-order valence-electron chi connectivity index (χ3n) is 4.14. The molecule has 0 bridgehead atoms. The fourth-order valence-corrected chi connectivity index (χ4v) is 3.01. The molecule has 0 amide bonds. The normalized spacial score (nSPS) is 19.6. The molecule has 1 N–H and O–H groups in total. The SMILES string of the molecule is Cn1cnc2c(N3CCCC3CNC(C)(C)C)nccc21. The standard InChI is InChI=1S/C16H25N5/c1-16(2,3)19-10-12-6-5-9-21(12)15-14-13(7-8-17-15)20(4)11-18-14/h7-8,11-12,19H,5-6,9-10H2,1-4H3. The molecule has 0 aromatic carbocycles. The summed E-state index contributed by atoms with van der Waals surface area (Å²) in [6.45, 7) is 8.70. The van der Waals surface area contributed by atoms with E-state index in [1.54, 1.807) is 0 Å². The van der Waals surface area contributed by atoms with Crippen LogP contribution >= 0.6 is 0 Å². The van der Waals surface area contributed by atoms with E-state index in [1.165, 1.54) is 12.8 Å². The molecule has 0 aliphatic carbocycles. The Bertz CT molecular complexity index is 625. The van der Waals surface area contributed by atoms with Gasteiger partial charge in [-0.15, -0.1) is 0 Å². The fraction of sp³-hybridized carbons (Fsp3) is 0.625. The summed E-state index contributed by atoms with van der Waals surface area (Å²) in [6.07, 6.45) is 6.20. The fourth-order valence-electron chi connectivity index (χ4n) is 3.01. The second kappa shape index (κ2) is 5.30. The molecule has 0 spiro atoms. The van der Waals surface area contributed by atoms with Gasteiger partial charge in [0.2, 0.25) is 0 Å². The van der Waals surface area contributed by atoms with E-state index in [0.29, 0.717) is 6.04 Å². The molecule has 2 aromatic heterocycles. The van der Waals surface area contributed by atoms with Crippen molar-refractivity contribution in [3.05, 3.63) is 18.6 Å². The monoisotopic (exact) mass is 287 g/mol. The van der Waals surface area contributed by atoms with Gasteiger partial charge >= 0.3 is 0 Å². The van der Waals surface area contributed by atoms with Crippen molar-refractivity contribution in [2.24, 2.45) is 7.05 Å². The summed E-state index contributed by atoms with van der Waals surface area (Å²) in [5, 5.41) is 3.62. The second-order valence-electron chi connectivity index (χ2n) is 6.98. The van der Waals surface area contributed by atoms with Gasteiger partial charge in [-0.2, -0.15) is 0 Å². The molecule has 1 atom stereocenters. The van der Waals surface area contributed by atoms with Gasteiger partial charge in [0, 0.05) is 37.9 Å². The Labute approximate surface area is 126 Å². The number of aryl methyl sites for hydroxylation is 1. The molecule has 1 aliphatic rings. The number of fused-ring (bicyclic) bond motifs is 1. The average molecular weight is 287 g/mol. The van der Waals surface area contributed by atoms with Crippen LogP contribution in [0.1, 0.15) is 33.6 Å². The molecule has 3 rings (SSSR count). The first-order chi connectivity index (χ1) is 9.96. The lowest BCUT2D eigenvalue weighted by atomic mass is 10.1. The smallest absolute Gasteiger partial charge is 0.157 e. The number of imidazole rings is 1. The van der Waals surface area contributed by atoms with Gasteiger partial charge in [-0.25, -0.2) is 9.97 Å². The van der Waals surface area contributed by atoms with Gasteiger partial charge < -0.3 is 14.8 Å². The van der Waals surface area contributed by atoms with Crippen molar-refractivity contribution in [1.29, 1.82) is 0 Å². The zero-order chi connectivity index (χ0) is 15.0. The van der Waals surface area contributed by atoms with Crippen LogP contribution in [0.2, 0.25) is 0 Å². The quantitative estimate of drug-likeness (QED) is 0.941. The predicted molar refractivity (Wildman–Crippen MR) is 86.6 cm³/mol. The van der Waals surface area contributed by atoms with Crippen LogP contribution < -0.4 is 10.2 Å². The van der Waals surface area contributed by atoms with Crippen LogP contribution in [0.3, 0.4) is 0 Å². The number of hydrogen-bond acceptors (Lipinski definition) is 4. The van der Waals surface area contributed by atoms with Gasteiger partial charge in [0.05, 0.1) is 11.8 Å². The van der Waals surface area contributed by atoms with Crippen LogP contribution in [-0.2, 0) is 7.05 Å². The minimum Gasteiger partial charge on any atom is -0.351 e. The maximum absolute atomic E-state index is 4.62. The van der Waals surface area contributed by atoms with Crippen LogP contribution in [0.15, 0.2) is 18.6 Å². The van der Waals surface area contributed by atoms with Gasteiger partial charge in [0.25, 0.3) is 0 Å². The number of pyridine rings is 1. The van der Waals surface area contributed by atoms with E-state index in [4.69, 9.17) is 0 Å². The lowest BCUT2D eigenvalue weighted by molar-refractivity contribution is 0.404. The van der Waals surface area contributed by atoms with E-state index in [0.717, 1.165) is 29.9 Å². The number of nitrogens with zero attached hydrogens (tertiary/aromatic N) is 4. The Balaban J connectivity index is 1.87. The first-order valence-electron chi connectivity index (χ1n) is 7.73. The number of hydrogen-bond donors (Lipinski definition) is 1. The van der Waals surface area contributed by atoms with Gasteiger partial charge in [-0.3, -0.25) is 0 Å². The van der Waals surface area contributed by atoms with Crippen LogP contribution in [-0.4, -0.2) is 39.2 Å². The lowest BCUT2D eigenvalue weighted by Crippen LogP contribution is -2.45. The molecule has 5 heteroatoms. The second-order valence-corrected chi connectivity index (χ2v) is 6.98. The maximum Gasteiger partial charge on any atom is 0.157 e. The summed E-state index contributed by atoms with van der Waals surface area (Å²) in [5.41, 5.74) is 2.32. The summed E-state index contributed by atoms with van der Waals surface area (Å²) in [4.78, 5) is 11.6. The van der Waals surface area contributed by atoms with Gasteiger partial charge in [0.1, 0.15) is 5.52 Å². The number of rotatable bonds is 3. The van der Waals surface area contributed by atoms with E-state index < -0.39 is 0 Å². The van der Waals surface area contributed by atoms with Crippen LogP contribution in [0.25, 0.3) is 11.0 Å².